The summed E-state index contributed by atoms with van der Waals surface area (Å²) in [6.45, 7) is 2.10. The molecule has 0 saturated carbocycles. The van der Waals surface area contributed by atoms with Crippen LogP contribution < -0.4 is 0 Å². The first kappa shape index (κ1) is 31.5. The monoisotopic (exact) mass is 576 g/mol. The number of carbonyl (C=O) groups excluding carboxylic acids is 2. The Morgan fingerprint density at radius 2 is 1.05 bits per heavy atom. The number of halogens is 4. The van der Waals surface area contributed by atoms with E-state index in [1.807, 2.05) is 0 Å². The van der Waals surface area contributed by atoms with Gasteiger partial charge in [-0.1, -0.05) is 0 Å². The first-order chi connectivity index (χ1) is 19.5. The third-order valence-electron chi connectivity index (χ3n) is 6.95. The van der Waals surface area contributed by atoms with E-state index in [1.54, 1.807) is 4.90 Å². The molecular weight excluding hydrogens is 544 g/mol. The SMILES string of the molecule is O=C(/C=C/c1cc(F)cc(F)c1)N1CCC(CO)CC1.O=C(O)C1CCN(C(=O)/C=C/c2cc(F)cc(F)c2)CC1. The molecule has 220 valence electrons. The van der Waals surface area contributed by atoms with Crippen LogP contribution in [0.3, 0.4) is 0 Å². The van der Waals surface area contributed by atoms with E-state index < -0.39 is 35.2 Å². The first-order valence-electron chi connectivity index (χ1n) is 13.2. The lowest BCUT2D eigenvalue weighted by Crippen LogP contribution is -2.39. The van der Waals surface area contributed by atoms with Crippen LogP contribution in [0, 0.1) is 35.1 Å². The van der Waals surface area contributed by atoms with Crippen LogP contribution in [-0.2, 0) is 14.4 Å². The Morgan fingerprint density at radius 1 is 0.683 bits per heavy atom. The number of rotatable bonds is 6. The Morgan fingerprint density at radius 3 is 1.39 bits per heavy atom. The van der Waals surface area contributed by atoms with E-state index in [2.05, 4.69) is 0 Å². The summed E-state index contributed by atoms with van der Waals surface area (Å²) in [4.78, 5) is 37.9. The lowest BCUT2D eigenvalue weighted by Gasteiger charge is -2.30. The molecular formula is C30H32F4N2O5. The highest BCUT2D eigenvalue weighted by Gasteiger charge is 2.26. The van der Waals surface area contributed by atoms with E-state index >= 15 is 0 Å². The molecule has 2 aromatic carbocycles. The molecule has 2 saturated heterocycles. The number of hydrogen-bond acceptors (Lipinski definition) is 4. The van der Waals surface area contributed by atoms with Gasteiger partial charge >= 0.3 is 5.97 Å². The molecule has 0 aliphatic carbocycles. The number of amides is 2. The molecule has 0 atom stereocenters. The van der Waals surface area contributed by atoms with Crippen LogP contribution >= 0.6 is 0 Å². The maximum atomic E-state index is 13.0. The third kappa shape index (κ3) is 10.2. The zero-order valence-electron chi connectivity index (χ0n) is 22.3. The number of hydrogen-bond donors (Lipinski definition) is 2. The van der Waals surface area contributed by atoms with Crippen LogP contribution in [0.15, 0.2) is 48.6 Å². The van der Waals surface area contributed by atoms with E-state index in [4.69, 9.17) is 10.2 Å². The first-order valence-corrected chi connectivity index (χ1v) is 13.2. The number of nitrogens with zero attached hydrogens (tertiary/aromatic N) is 2. The van der Waals surface area contributed by atoms with Gasteiger partial charge in [0.15, 0.2) is 0 Å². The summed E-state index contributed by atoms with van der Waals surface area (Å²) < 4.78 is 52.0. The van der Waals surface area contributed by atoms with Gasteiger partial charge < -0.3 is 20.0 Å². The number of carboxylic acid groups (broad SMARTS) is 1. The van der Waals surface area contributed by atoms with Gasteiger partial charge in [-0.15, -0.1) is 0 Å². The number of likely N-dealkylation sites (tertiary alicyclic amines) is 2. The quantitative estimate of drug-likeness (QED) is 0.390. The van der Waals surface area contributed by atoms with Gasteiger partial charge in [0.05, 0.1) is 5.92 Å². The number of aliphatic carboxylic acids is 1. The molecule has 0 aromatic heterocycles. The van der Waals surface area contributed by atoms with Crippen molar-refractivity contribution in [2.45, 2.75) is 25.7 Å². The number of aliphatic hydroxyl groups is 1. The van der Waals surface area contributed by atoms with Crippen molar-refractivity contribution < 1.29 is 42.2 Å². The molecule has 0 spiro atoms. The zero-order chi connectivity index (χ0) is 29.9. The molecule has 2 aromatic rings. The largest absolute Gasteiger partial charge is 0.481 e. The van der Waals surface area contributed by atoms with Crippen molar-refractivity contribution >= 4 is 29.9 Å². The van der Waals surface area contributed by atoms with E-state index in [9.17, 15) is 31.9 Å². The third-order valence-corrected chi connectivity index (χ3v) is 6.95. The summed E-state index contributed by atoms with van der Waals surface area (Å²) in [6, 6.07) is 6.15. The second-order valence-corrected chi connectivity index (χ2v) is 9.96. The smallest absolute Gasteiger partial charge is 0.306 e. The van der Waals surface area contributed by atoms with Crippen molar-refractivity contribution in [2.24, 2.45) is 11.8 Å². The van der Waals surface area contributed by atoms with Crippen molar-refractivity contribution in [3.05, 3.63) is 82.9 Å². The average molecular weight is 577 g/mol. The number of carbonyl (C=O) groups is 3. The van der Waals surface area contributed by atoms with Crippen LogP contribution in [0.25, 0.3) is 12.2 Å². The van der Waals surface area contributed by atoms with E-state index in [0.717, 1.165) is 37.1 Å². The highest BCUT2D eigenvalue weighted by atomic mass is 19.1. The summed E-state index contributed by atoms with van der Waals surface area (Å²) in [5.41, 5.74) is 0.586. The Kier molecular flexibility index (Phi) is 11.6. The van der Waals surface area contributed by atoms with Gasteiger partial charge in [0.25, 0.3) is 0 Å². The summed E-state index contributed by atoms with van der Waals surface area (Å²) >= 11 is 0. The number of benzene rings is 2. The Bertz CT molecular complexity index is 1240. The van der Waals surface area contributed by atoms with Crippen LogP contribution in [0.2, 0.25) is 0 Å². The molecule has 2 N–H and O–H groups in total. The minimum Gasteiger partial charge on any atom is -0.481 e. The van der Waals surface area contributed by atoms with Crippen LogP contribution in [0.5, 0.6) is 0 Å². The summed E-state index contributed by atoms with van der Waals surface area (Å²) in [6.07, 6.45) is 7.73. The van der Waals surface area contributed by atoms with Crippen molar-refractivity contribution in [1.82, 2.24) is 9.80 Å². The van der Waals surface area contributed by atoms with Crippen LogP contribution in [0.1, 0.15) is 36.8 Å². The molecule has 4 rings (SSSR count). The lowest BCUT2D eigenvalue weighted by atomic mass is 9.97. The molecule has 2 amide bonds. The van der Waals surface area contributed by atoms with E-state index in [0.29, 0.717) is 44.6 Å². The average Bonchev–Trinajstić information content (AvgIpc) is 2.94. The van der Waals surface area contributed by atoms with Crippen LogP contribution in [-0.4, -0.2) is 70.6 Å². The van der Waals surface area contributed by atoms with Crippen molar-refractivity contribution in [2.75, 3.05) is 32.8 Å². The van der Waals surface area contributed by atoms with Gasteiger partial charge in [-0.2, -0.15) is 0 Å². The van der Waals surface area contributed by atoms with Gasteiger partial charge in [0, 0.05) is 57.1 Å². The minimum atomic E-state index is -0.840. The zero-order valence-corrected chi connectivity index (χ0v) is 22.3. The van der Waals surface area contributed by atoms with Gasteiger partial charge in [0.1, 0.15) is 23.3 Å². The van der Waals surface area contributed by atoms with Gasteiger partial charge in [-0.3, -0.25) is 14.4 Å². The molecule has 0 unspecified atom stereocenters. The van der Waals surface area contributed by atoms with Crippen LogP contribution in [0.4, 0.5) is 17.6 Å². The Labute approximate surface area is 235 Å². The van der Waals surface area contributed by atoms with Gasteiger partial charge in [-0.05, 0) is 79.1 Å². The summed E-state index contributed by atoms with van der Waals surface area (Å²) in [7, 11) is 0. The number of piperidine rings is 2. The van der Waals surface area contributed by atoms with E-state index in [1.165, 1.54) is 41.3 Å². The molecule has 2 fully saturated rings. The predicted octanol–water partition coefficient (Wildman–Crippen LogP) is 4.51. The molecule has 41 heavy (non-hydrogen) atoms. The highest BCUT2D eigenvalue weighted by molar-refractivity contribution is 5.92. The fraction of sp³-hybridized carbons (Fsp3) is 0.367. The molecule has 0 radical (unpaired) electrons. The van der Waals surface area contributed by atoms with Gasteiger partial charge in [0.2, 0.25) is 11.8 Å². The topological polar surface area (TPSA) is 98.2 Å². The maximum Gasteiger partial charge on any atom is 0.306 e. The molecule has 2 aliphatic rings. The van der Waals surface area contributed by atoms with E-state index in [-0.39, 0.29) is 29.9 Å². The summed E-state index contributed by atoms with van der Waals surface area (Å²) in [5, 5.41) is 17.9. The second-order valence-electron chi connectivity index (χ2n) is 9.96. The predicted molar refractivity (Wildman–Crippen MR) is 144 cm³/mol. The fourth-order valence-electron chi connectivity index (χ4n) is 4.57. The number of carboxylic acids is 1. The molecule has 2 aliphatic heterocycles. The van der Waals surface area contributed by atoms with Crippen molar-refractivity contribution in [3.63, 3.8) is 0 Å². The standard InChI is InChI=1S/C15H15F2NO3.C15H17F2NO2/c16-12-7-10(8-13(17)9-12)1-2-14(19)18-5-3-11(4-6-18)15(20)21;16-13-7-12(8-14(17)9-13)1-2-15(20)18-5-3-11(10-19)4-6-18/h1-2,7-9,11H,3-6H2,(H,20,21);1-2,7-9,11,19H,3-6,10H2/b2*2-1+. The number of aliphatic hydroxyl groups excluding tert-OH is 1. The Hall–Kier alpha value is -3.99. The summed E-state index contributed by atoms with van der Waals surface area (Å²) in [5.74, 6) is -4.19. The highest BCUT2D eigenvalue weighted by Crippen LogP contribution is 2.19. The lowest BCUT2D eigenvalue weighted by molar-refractivity contribution is -0.144. The molecule has 7 nitrogen and oxygen atoms in total. The molecule has 0 bridgehead atoms. The van der Waals surface area contributed by atoms with Gasteiger partial charge in [-0.25, -0.2) is 17.6 Å². The minimum absolute atomic E-state index is 0.153. The van der Waals surface area contributed by atoms with Crippen molar-refractivity contribution in [1.29, 1.82) is 0 Å². The maximum absolute atomic E-state index is 13.0. The second kappa shape index (κ2) is 15.1. The molecule has 11 heteroatoms. The fourth-order valence-corrected chi connectivity index (χ4v) is 4.57. The van der Waals surface area contributed by atoms with Crippen molar-refractivity contribution in [3.8, 4) is 0 Å². The molecule has 2 heterocycles. The normalized spacial score (nSPS) is 16.6. The Balaban J connectivity index is 0.000000226.